The highest BCUT2D eigenvalue weighted by Gasteiger charge is 2.33. The monoisotopic (exact) mass is 490 g/mol. The van der Waals surface area contributed by atoms with E-state index in [9.17, 15) is 13.2 Å². The zero-order valence-corrected chi connectivity index (χ0v) is 19.7. The Bertz CT molecular complexity index is 1250. The number of benzene rings is 2. The van der Waals surface area contributed by atoms with Gasteiger partial charge in [0.15, 0.2) is 5.76 Å². The maximum Gasteiger partial charge on any atom is 0.289 e. The van der Waals surface area contributed by atoms with Crippen molar-refractivity contribution >= 4 is 27.5 Å². The third-order valence-corrected chi connectivity index (χ3v) is 7.63. The number of hydrogen-bond donors (Lipinski definition) is 0. The SMILES string of the molecule is COc1ccc(OC)c(S(=O)(=O)N2CCN(C(=O)c3ccc(-c4ccc(Cl)cc4)o3)CC2)c1. The lowest BCUT2D eigenvalue weighted by Crippen LogP contribution is -2.50. The molecule has 0 unspecified atom stereocenters. The Hall–Kier alpha value is -3.01. The van der Waals surface area contributed by atoms with Crippen LogP contribution in [0, 0.1) is 0 Å². The fourth-order valence-corrected chi connectivity index (χ4v) is 5.35. The van der Waals surface area contributed by atoms with Crippen molar-refractivity contribution in [2.24, 2.45) is 0 Å². The van der Waals surface area contributed by atoms with Crippen LogP contribution in [0.4, 0.5) is 0 Å². The number of rotatable bonds is 6. The van der Waals surface area contributed by atoms with Gasteiger partial charge in [-0.3, -0.25) is 4.79 Å². The molecule has 1 amide bonds. The Labute approximate surface area is 197 Å². The Kier molecular flexibility index (Phi) is 6.64. The van der Waals surface area contributed by atoms with Gasteiger partial charge in [-0.25, -0.2) is 8.42 Å². The second-order valence-corrected chi connectivity index (χ2v) is 9.73. The van der Waals surface area contributed by atoms with Gasteiger partial charge in [-0.15, -0.1) is 0 Å². The van der Waals surface area contributed by atoms with Crippen molar-refractivity contribution in [2.45, 2.75) is 4.90 Å². The standard InChI is InChI=1S/C23H23ClN2O6S/c1-30-18-7-8-20(31-2)22(15-18)33(28,29)26-13-11-25(12-14-26)23(27)21-10-9-19(32-21)16-3-5-17(24)6-4-16/h3-10,15H,11-14H2,1-2H3. The van der Waals surface area contributed by atoms with Gasteiger partial charge in [0.1, 0.15) is 22.2 Å². The maximum absolute atomic E-state index is 13.2. The fraction of sp³-hybridized carbons (Fsp3) is 0.261. The largest absolute Gasteiger partial charge is 0.497 e. The Morgan fingerprint density at radius 3 is 2.27 bits per heavy atom. The van der Waals surface area contributed by atoms with E-state index in [0.717, 1.165) is 5.56 Å². The van der Waals surface area contributed by atoms with E-state index < -0.39 is 10.0 Å². The number of hydrogen-bond acceptors (Lipinski definition) is 6. The van der Waals surface area contributed by atoms with E-state index in [4.69, 9.17) is 25.5 Å². The summed E-state index contributed by atoms with van der Waals surface area (Å²) in [5.74, 6) is 1.12. The van der Waals surface area contributed by atoms with Crippen molar-refractivity contribution in [2.75, 3.05) is 40.4 Å². The van der Waals surface area contributed by atoms with E-state index in [1.165, 1.54) is 24.6 Å². The summed E-state index contributed by atoms with van der Waals surface area (Å²) in [5, 5.41) is 0.612. The van der Waals surface area contributed by atoms with Crippen LogP contribution in [0.25, 0.3) is 11.3 Å². The molecule has 33 heavy (non-hydrogen) atoms. The number of ether oxygens (including phenoxy) is 2. The van der Waals surface area contributed by atoms with Gasteiger partial charge >= 0.3 is 0 Å². The van der Waals surface area contributed by atoms with Gasteiger partial charge in [-0.05, 0) is 48.5 Å². The molecule has 0 atom stereocenters. The summed E-state index contributed by atoms with van der Waals surface area (Å²) in [6, 6.07) is 15.1. The minimum absolute atomic E-state index is 0.0303. The number of furan rings is 1. The van der Waals surface area contributed by atoms with E-state index in [-0.39, 0.29) is 48.5 Å². The summed E-state index contributed by atoms with van der Waals surface area (Å²) in [6.07, 6.45) is 0. The van der Waals surface area contributed by atoms with Crippen molar-refractivity contribution in [3.8, 4) is 22.8 Å². The van der Waals surface area contributed by atoms with Crippen molar-refractivity contribution < 1.29 is 27.1 Å². The first-order valence-electron chi connectivity index (χ1n) is 10.2. The maximum atomic E-state index is 13.2. The highest BCUT2D eigenvalue weighted by atomic mass is 35.5. The summed E-state index contributed by atoms with van der Waals surface area (Å²) in [5.41, 5.74) is 0.807. The Balaban J connectivity index is 1.46. The lowest BCUT2D eigenvalue weighted by molar-refractivity contribution is 0.0667. The molecule has 0 bridgehead atoms. The van der Waals surface area contributed by atoms with Crippen LogP contribution in [0.15, 0.2) is 63.9 Å². The minimum Gasteiger partial charge on any atom is -0.497 e. The van der Waals surface area contributed by atoms with Gasteiger partial charge in [-0.2, -0.15) is 4.31 Å². The lowest BCUT2D eigenvalue weighted by atomic mass is 10.2. The van der Waals surface area contributed by atoms with E-state index >= 15 is 0 Å². The molecule has 2 heterocycles. The molecular weight excluding hydrogens is 468 g/mol. The number of piperazine rings is 1. The molecule has 0 aliphatic carbocycles. The van der Waals surface area contributed by atoms with Gasteiger partial charge < -0.3 is 18.8 Å². The summed E-state index contributed by atoms with van der Waals surface area (Å²) in [7, 11) is -0.947. The quantitative estimate of drug-likeness (QED) is 0.522. The van der Waals surface area contributed by atoms with Crippen LogP contribution in [0.5, 0.6) is 11.5 Å². The average Bonchev–Trinajstić information content (AvgIpc) is 3.34. The molecule has 4 rings (SSSR count). The topological polar surface area (TPSA) is 89.3 Å². The predicted molar refractivity (Wildman–Crippen MR) is 123 cm³/mol. The van der Waals surface area contributed by atoms with Gasteiger partial charge in [0, 0.05) is 42.8 Å². The molecule has 174 valence electrons. The van der Waals surface area contributed by atoms with Crippen molar-refractivity contribution in [1.29, 1.82) is 0 Å². The molecule has 0 saturated carbocycles. The smallest absolute Gasteiger partial charge is 0.289 e. The number of sulfonamides is 1. The summed E-state index contributed by atoms with van der Waals surface area (Å²) in [6.45, 7) is 0.779. The van der Waals surface area contributed by atoms with E-state index in [2.05, 4.69) is 0 Å². The van der Waals surface area contributed by atoms with Crippen LogP contribution in [0.3, 0.4) is 0 Å². The lowest BCUT2D eigenvalue weighted by Gasteiger charge is -2.33. The zero-order chi connectivity index (χ0) is 23.6. The Morgan fingerprint density at radius 1 is 0.939 bits per heavy atom. The molecule has 1 aliphatic rings. The van der Waals surface area contributed by atoms with Crippen LogP contribution in [-0.4, -0.2) is 63.9 Å². The van der Waals surface area contributed by atoms with Gasteiger partial charge in [0.25, 0.3) is 5.91 Å². The molecule has 0 radical (unpaired) electrons. The van der Waals surface area contributed by atoms with Crippen molar-refractivity contribution in [3.05, 3.63) is 65.4 Å². The number of halogens is 1. The molecule has 0 N–H and O–H groups in total. The Morgan fingerprint density at radius 2 is 1.64 bits per heavy atom. The van der Waals surface area contributed by atoms with E-state index in [1.807, 2.05) is 12.1 Å². The molecule has 2 aromatic carbocycles. The molecule has 1 fully saturated rings. The molecule has 1 saturated heterocycles. The second-order valence-electron chi connectivity index (χ2n) is 7.38. The van der Waals surface area contributed by atoms with Gasteiger partial charge in [0.2, 0.25) is 10.0 Å². The number of carbonyl (C=O) groups excluding carboxylic acids is 1. The predicted octanol–water partition coefficient (Wildman–Crippen LogP) is 3.76. The summed E-state index contributed by atoms with van der Waals surface area (Å²) >= 11 is 5.92. The van der Waals surface area contributed by atoms with E-state index in [0.29, 0.717) is 16.5 Å². The first-order chi connectivity index (χ1) is 15.8. The molecule has 10 heteroatoms. The molecule has 8 nitrogen and oxygen atoms in total. The molecule has 1 aliphatic heterocycles. The summed E-state index contributed by atoms with van der Waals surface area (Å²) in [4.78, 5) is 14.5. The van der Waals surface area contributed by atoms with Gasteiger partial charge in [-0.1, -0.05) is 11.6 Å². The number of carbonyl (C=O) groups is 1. The zero-order valence-electron chi connectivity index (χ0n) is 18.2. The third-order valence-electron chi connectivity index (χ3n) is 5.46. The van der Waals surface area contributed by atoms with Crippen molar-refractivity contribution in [3.63, 3.8) is 0 Å². The highest BCUT2D eigenvalue weighted by Crippen LogP contribution is 2.31. The normalized spacial score (nSPS) is 14.8. The van der Waals surface area contributed by atoms with Crippen LogP contribution in [0.2, 0.25) is 5.02 Å². The number of nitrogens with zero attached hydrogens (tertiary/aromatic N) is 2. The van der Waals surface area contributed by atoms with Gasteiger partial charge in [0.05, 0.1) is 14.2 Å². The van der Waals surface area contributed by atoms with Crippen molar-refractivity contribution in [1.82, 2.24) is 9.21 Å². The molecule has 3 aromatic rings. The molecule has 1 aromatic heterocycles. The third kappa shape index (κ3) is 4.71. The van der Waals surface area contributed by atoms with Crippen LogP contribution >= 0.6 is 11.6 Å². The average molecular weight is 491 g/mol. The van der Waals surface area contributed by atoms with Crippen LogP contribution in [-0.2, 0) is 10.0 Å². The number of methoxy groups -OCH3 is 2. The molecular formula is C23H23ClN2O6S. The highest BCUT2D eigenvalue weighted by molar-refractivity contribution is 7.89. The summed E-state index contributed by atoms with van der Waals surface area (Å²) < 4.78 is 43.9. The first kappa shape index (κ1) is 23.2. The number of amides is 1. The molecule has 0 spiro atoms. The minimum atomic E-state index is -3.83. The first-order valence-corrected chi connectivity index (χ1v) is 12.0. The van der Waals surface area contributed by atoms with Crippen LogP contribution < -0.4 is 9.47 Å². The fourth-order valence-electron chi connectivity index (χ4n) is 3.63. The van der Waals surface area contributed by atoms with Crippen LogP contribution in [0.1, 0.15) is 10.6 Å². The van der Waals surface area contributed by atoms with E-state index in [1.54, 1.807) is 41.3 Å². The second kappa shape index (κ2) is 9.46.